The summed E-state index contributed by atoms with van der Waals surface area (Å²) in [4.78, 5) is 12.7. The van der Waals surface area contributed by atoms with Crippen molar-refractivity contribution >= 4 is 50.9 Å². The zero-order valence-corrected chi connectivity index (χ0v) is 20.8. The van der Waals surface area contributed by atoms with Crippen LogP contribution < -0.4 is 10.1 Å². The van der Waals surface area contributed by atoms with E-state index in [0.717, 1.165) is 16.7 Å². The molecule has 0 atom stereocenters. The Morgan fingerprint density at radius 2 is 1.82 bits per heavy atom. The van der Waals surface area contributed by atoms with Gasteiger partial charge in [-0.2, -0.15) is 5.10 Å². The van der Waals surface area contributed by atoms with Crippen molar-refractivity contribution in [3.8, 4) is 5.75 Å². The summed E-state index contributed by atoms with van der Waals surface area (Å²) in [5, 5.41) is 8.53. The Labute approximate surface area is 210 Å². The van der Waals surface area contributed by atoms with E-state index in [1.54, 1.807) is 23.0 Å². The predicted molar refractivity (Wildman–Crippen MR) is 135 cm³/mol. The summed E-state index contributed by atoms with van der Waals surface area (Å²) in [5.41, 5.74) is 3.45. The first-order valence-electron chi connectivity index (χ1n) is 10.1. The Kier molecular flexibility index (Phi) is 7.38. The number of aromatic nitrogens is 2. The molecule has 168 valence electrons. The highest BCUT2D eigenvalue weighted by molar-refractivity contribution is 9.10. The van der Waals surface area contributed by atoms with Gasteiger partial charge in [-0.3, -0.25) is 9.48 Å². The van der Waals surface area contributed by atoms with Crippen LogP contribution in [-0.4, -0.2) is 15.7 Å². The summed E-state index contributed by atoms with van der Waals surface area (Å²) in [7, 11) is 0. The van der Waals surface area contributed by atoms with Gasteiger partial charge < -0.3 is 10.1 Å². The lowest BCUT2D eigenvalue weighted by molar-refractivity contribution is 0.102. The smallest absolute Gasteiger partial charge is 0.256 e. The van der Waals surface area contributed by atoms with Crippen molar-refractivity contribution in [3.05, 3.63) is 110 Å². The summed E-state index contributed by atoms with van der Waals surface area (Å²) in [6.07, 6.45) is 1.80. The lowest BCUT2D eigenvalue weighted by atomic mass is 10.1. The van der Waals surface area contributed by atoms with Gasteiger partial charge in [0, 0.05) is 16.8 Å². The molecule has 4 aromatic rings. The van der Waals surface area contributed by atoms with Crippen LogP contribution in [0.2, 0.25) is 10.0 Å². The van der Waals surface area contributed by atoms with Gasteiger partial charge in [0.05, 0.1) is 16.0 Å². The molecular weight excluding hydrogens is 525 g/mol. The molecule has 5 nitrogen and oxygen atoms in total. The molecule has 0 aliphatic heterocycles. The number of carbonyl (C=O) groups is 1. The van der Waals surface area contributed by atoms with Gasteiger partial charge >= 0.3 is 0 Å². The number of halogens is 3. The van der Waals surface area contributed by atoms with E-state index in [1.165, 1.54) is 0 Å². The van der Waals surface area contributed by atoms with E-state index >= 15 is 0 Å². The molecular formula is C25H20BrCl2N3O2. The van der Waals surface area contributed by atoms with Crippen molar-refractivity contribution in [2.24, 2.45) is 0 Å². The molecule has 0 bridgehead atoms. The molecule has 0 aliphatic rings. The first-order chi connectivity index (χ1) is 15.9. The summed E-state index contributed by atoms with van der Waals surface area (Å²) in [6.45, 7) is 2.83. The Hall–Kier alpha value is -2.80. The summed E-state index contributed by atoms with van der Waals surface area (Å²) in [5.74, 6) is 0.817. The standard InChI is InChI=1S/C25H20BrCl2N3O2/c1-16-6-11-22(28)23(12-16)33-15-17-7-9-18(10-8-17)25(32)29-24-20(26)14-31(30-24)13-19-4-2-3-5-21(19)27/h2-12,14H,13,15H2,1H3,(H,29,30,32). The summed E-state index contributed by atoms with van der Waals surface area (Å²) >= 11 is 15.9. The maximum atomic E-state index is 12.7. The Balaban J connectivity index is 1.38. The number of aryl methyl sites for hydroxylation is 1. The zero-order chi connectivity index (χ0) is 23.4. The molecule has 8 heteroatoms. The summed E-state index contributed by atoms with van der Waals surface area (Å²) < 4.78 is 8.22. The Morgan fingerprint density at radius 3 is 2.58 bits per heavy atom. The second-order valence-corrected chi connectivity index (χ2v) is 9.16. The highest BCUT2D eigenvalue weighted by Gasteiger charge is 2.13. The van der Waals surface area contributed by atoms with Gasteiger partial charge in [-0.15, -0.1) is 0 Å². The molecule has 3 aromatic carbocycles. The topological polar surface area (TPSA) is 56.1 Å². The van der Waals surface area contributed by atoms with Crippen molar-refractivity contribution in [2.45, 2.75) is 20.1 Å². The van der Waals surface area contributed by atoms with Crippen LogP contribution in [0.1, 0.15) is 27.0 Å². The molecule has 0 unspecified atom stereocenters. The normalized spacial score (nSPS) is 10.8. The quantitative estimate of drug-likeness (QED) is 0.269. The molecule has 1 N–H and O–H groups in total. The highest BCUT2D eigenvalue weighted by atomic mass is 79.9. The molecule has 33 heavy (non-hydrogen) atoms. The molecule has 0 fully saturated rings. The third kappa shape index (κ3) is 5.96. The fraction of sp³-hybridized carbons (Fsp3) is 0.120. The third-order valence-corrected chi connectivity index (χ3v) is 6.20. The van der Waals surface area contributed by atoms with Gasteiger partial charge in [0.15, 0.2) is 5.82 Å². The Morgan fingerprint density at radius 1 is 1.06 bits per heavy atom. The first kappa shape index (κ1) is 23.4. The maximum absolute atomic E-state index is 12.7. The van der Waals surface area contributed by atoms with Gasteiger partial charge in [-0.1, -0.05) is 59.6 Å². The van der Waals surface area contributed by atoms with Crippen LogP contribution in [0.25, 0.3) is 0 Å². The van der Waals surface area contributed by atoms with E-state index in [1.807, 2.05) is 61.5 Å². The average molecular weight is 545 g/mol. The van der Waals surface area contributed by atoms with Gasteiger partial charge in [0.25, 0.3) is 5.91 Å². The third-order valence-electron chi connectivity index (χ3n) is 4.94. The van der Waals surface area contributed by atoms with Crippen molar-refractivity contribution < 1.29 is 9.53 Å². The molecule has 1 heterocycles. The zero-order valence-electron chi connectivity index (χ0n) is 17.7. The molecule has 0 aliphatic carbocycles. The molecule has 0 spiro atoms. The average Bonchev–Trinajstić information content (AvgIpc) is 3.14. The molecule has 0 radical (unpaired) electrons. The minimum absolute atomic E-state index is 0.257. The monoisotopic (exact) mass is 543 g/mol. The fourth-order valence-electron chi connectivity index (χ4n) is 3.18. The number of carbonyl (C=O) groups excluding carboxylic acids is 1. The number of hydrogen-bond acceptors (Lipinski definition) is 3. The number of amides is 1. The summed E-state index contributed by atoms with van der Waals surface area (Å²) in [6, 6.07) is 20.4. The number of rotatable bonds is 7. The van der Waals surface area contributed by atoms with Crippen molar-refractivity contribution in [1.29, 1.82) is 0 Å². The highest BCUT2D eigenvalue weighted by Crippen LogP contribution is 2.26. The van der Waals surface area contributed by atoms with Crippen molar-refractivity contribution in [2.75, 3.05) is 5.32 Å². The van der Waals surface area contributed by atoms with E-state index in [9.17, 15) is 4.79 Å². The van der Waals surface area contributed by atoms with E-state index in [2.05, 4.69) is 26.3 Å². The maximum Gasteiger partial charge on any atom is 0.256 e. The van der Waals surface area contributed by atoms with Crippen LogP contribution in [0.5, 0.6) is 5.75 Å². The van der Waals surface area contributed by atoms with Crippen molar-refractivity contribution in [3.63, 3.8) is 0 Å². The predicted octanol–water partition coefficient (Wildman–Crippen LogP) is 7.14. The molecule has 1 amide bonds. The number of ether oxygens (including phenoxy) is 1. The lowest BCUT2D eigenvalue weighted by Gasteiger charge is -2.09. The minimum atomic E-state index is -0.257. The second-order valence-electron chi connectivity index (χ2n) is 7.49. The number of nitrogens with one attached hydrogen (secondary N) is 1. The van der Waals surface area contributed by atoms with Crippen LogP contribution >= 0.6 is 39.1 Å². The number of nitrogens with zero attached hydrogens (tertiary/aromatic N) is 2. The van der Waals surface area contributed by atoms with Crippen LogP contribution in [0, 0.1) is 6.92 Å². The van der Waals surface area contributed by atoms with Crippen LogP contribution in [0.15, 0.2) is 77.4 Å². The largest absolute Gasteiger partial charge is 0.487 e. The van der Waals surface area contributed by atoms with E-state index < -0.39 is 0 Å². The molecule has 1 aromatic heterocycles. The van der Waals surface area contributed by atoms with E-state index in [-0.39, 0.29) is 5.91 Å². The van der Waals surface area contributed by atoms with Crippen LogP contribution in [0.4, 0.5) is 5.82 Å². The number of benzene rings is 3. The molecule has 4 rings (SSSR count). The molecule has 0 saturated carbocycles. The van der Waals surface area contributed by atoms with Gasteiger partial charge in [0.1, 0.15) is 12.4 Å². The van der Waals surface area contributed by atoms with Gasteiger partial charge in [0.2, 0.25) is 0 Å². The SMILES string of the molecule is Cc1ccc(Cl)c(OCc2ccc(C(=O)Nc3nn(Cc4ccccc4Cl)cc3Br)cc2)c1. The van der Waals surface area contributed by atoms with E-state index in [4.69, 9.17) is 27.9 Å². The Bertz CT molecular complexity index is 1290. The van der Waals surface area contributed by atoms with Crippen molar-refractivity contribution in [1.82, 2.24) is 9.78 Å². The first-order valence-corrected chi connectivity index (χ1v) is 11.7. The fourth-order valence-corrected chi connectivity index (χ4v) is 3.96. The van der Waals surface area contributed by atoms with E-state index in [0.29, 0.717) is 44.8 Å². The lowest BCUT2D eigenvalue weighted by Crippen LogP contribution is -2.13. The van der Waals surface area contributed by atoms with Crippen LogP contribution in [0.3, 0.4) is 0 Å². The van der Waals surface area contributed by atoms with Gasteiger partial charge in [-0.05, 0) is 69.9 Å². The second kappa shape index (κ2) is 10.4. The minimum Gasteiger partial charge on any atom is -0.487 e. The van der Waals surface area contributed by atoms with Crippen LogP contribution in [-0.2, 0) is 13.2 Å². The molecule has 0 saturated heterocycles. The number of hydrogen-bond donors (Lipinski definition) is 1. The number of anilines is 1. The van der Waals surface area contributed by atoms with Gasteiger partial charge in [-0.25, -0.2) is 0 Å².